The molecule has 11 heteroatoms. The number of hydrogen-bond acceptors (Lipinski definition) is 6. The molecule has 0 bridgehead atoms. The molecule has 2 saturated heterocycles. The second kappa shape index (κ2) is 12.2. The van der Waals surface area contributed by atoms with E-state index in [0.717, 1.165) is 11.8 Å². The Balaban J connectivity index is 1.43. The Kier molecular flexibility index (Phi) is 9.13. The van der Waals surface area contributed by atoms with E-state index in [-0.39, 0.29) is 41.0 Å². The van der Waals surface area contributed by atoms with Crippen molar-refractivity contribution in [2.24, 2.45) is 11.8 Å². The zero-order chi connectivity index (χ0) is 28.2. The first-order valence-electron chi connectivity index (χ1n) is 13.3. The third kappa shape index (κ3) is 7.26. The van der Waals surface area contributed by atoms with Crippen LogP contribution in [0.15, 0.2) is 65.6 Å². The van der Waals surface area contributed by atoms with Gasteiger partial charge in [-0.1, -0.05) is 48.5 Å². The maximum absolute atomic E-state index is 13.7. The molecule has 4 rings (SSSR count). The third-order valence-corrected chi connectivity index (χ3v) is 10.5. The predicted molar refractivity (Wildman–Crippen MR) is 149 cm³/mol. The number of amides is 2. The summed E-state index contributed by atoms with van der Waals surface area (Å²) >= 11 is 0. The van der Waals surface area contributed by atoms with Gasteiger partial charge in [0.2, 0.25) is 21.8 Å². The molecule has 2 aromatic carbocycles. The summed E-state index contributed by atoms with van der Waals surface area (Å²) in [6.07, 6.45) is 3.20. The van der Waals surface area contributed by atoms with Crippen LogP contribution in [-0.4, -0.2) is 75.5 Å². The van der Waals surface area contributed by atoms with Crippen LogP contribution in [0.1, 0.15) is 44.2 Å². The molecule has 1 N–H and O–H groups in total. The minimum atomic E-state index is -3.83. The van der Waals surface area contributed by atoms with Gasteiger partial charge in [0.25, 0.3) is 0 Å². The minimum Gasteiger partial charge on any atom is -0.352 e. The number of nitrogens with zero attached hydrogens (tertiary/aromatic N) is 2. The van der Waals surface area contributed by atoms with Crippen molar-refractivity contribution in [1.82, 2.24) is 14.5 Å². The van der Waals surface area contributed by atoms with E-state index in [1.165, 1.54) is 4.31 Å². The van der Waals surface area contributed by atoms with Crippen LogP contribution in [0.25, 0.3) is 0 Å². The number of carbonyl (C=O) groups excluding carboxylic acids is 2. The second-order valence-electron chi connectivity index (χ2n) is 10.7. The Hall–Kier alpha value is -2.76. The van der Waals surface area contributed by atoms with Crippen LogP contribution < -0.4 is 5.32 Å². The molecule has 2 aromatic rings. The molecule has 1 unspecified atom stereocenters. The van der Waals surface area contributed by atoms with Crippen LogP contribution in [0.3, 0.4) is 0 Å². The fourth-order valence-corrected chi connectivity index (χ4v) is 8.32. The quantitative estimate of drug-likeness (QED) is 0.517. The molecule has 0 aliphatic carbocycles. The lowest BCUT2D eigenvalue weighted by atomic mass is 9.88. The maximum atomic E-state index is 13.7. The zero-order valence-electron chi connectivity index (χ0n) is 22.4. The number of benzene rings is 2. The standard InChI is InChI=1S/C28H37N3O6S2/c1-21(20-38(2,34)35)29-27(32)23-15-17-30(18-16-23)28(33)24-13-14-26(22-9-5-3-6-10-22)31(19-24)39(36,37)25-11-7-4-8-12-25/h3-12,21,23-24,26H,13-20H2,1-2H3,(H,29,32)/t21?,24-,26-/m1/s1. The van der Waals surface area contributed by atoms with Gasteiger partial charge in [-0.05, 0) is 50.3 Å². The molecule has 2 fully saturated rings. The van der Waals surface area contributed by atoms with Gasteiger partial charge in [0.1, 0.15) is 9.84 Å². The van der Waals surface area contributed by atoms with Gasteiger partial charge < -0.3 is 10.2 Å². The van der Waals surface area contributed by atoms with Gasteiger partial charge in [-0.3, -0.25) is 9.59 Å². The van der Waals surface area contributed by atoms with Gasteiger partial charge in [-0.25, -0.2) is 16.8 Å². The Labute approximate surface area is 231 Å². The van der Waals surface area contributed by atoms with Crippen molar-refractivity contribution in [2.45, 2.75) is 49.6 Å². The van der Waals surface area contributed by atoms with Crippen molar-refractivity contribution >= 4 is 31.7 Å². The highest BCUT2D eigenvalue weighted by atomic mass is 32.2. The number of rotatable bonds is 8. The number of nitrogens with one attached hydrogen (secondary N) is 1. The smallest absolute Gasteiger partial charge is 0.243 e. The SMILES string of the molecule is CC(CS(C)(=O)=O)NC(=O)C1CCN(C(=O)[C@@H]2CC[C@H](c3ccccc3)N(S(=O)(=O)c3ccccc3)C2)CC1. The molecule has 0 aromatic heterocycles. The van der Waals surface area contributed by atoms with Gasteiger partial charge in [-0.2, -0.15) is 4.31 Å². The average molecular weight is 576 g/mol. The number of piperidine rings is 2. The van der Waals surface area contributed by atoms with E-state index < -0.39 is 31.8 Å². The highest BCUT2D eigenvalue weighted by molar-refractivity contribution is 7.90. The summed E-state index contributed by atoms with van der Waals surface area (Å²) in [6.45, 7) is 2.57. The third-order valence-electron chi connectivity index (χ3n) is 7.54. The van der Waals surface area contributed by atoms with Gasteiger partial charge in [0, 0.05) is 37.8 Å². The molecule has 0 spiro atoms. The first kappa shape index (κ1) is 29.2. The normalized spacial score (nSPS) is 22.3. The van der Waals surface area contributed by atoms with E-state index in [1.807, 2.05) is 30.3 Å². The first-order chi connectivity index (χ1) is 18.5. The van der Waals surface area contributed by atoms with Crippen LogP contribution in [0, 0.1) is 11.8 Å². The molecular formula is C28H37N3O6S2. The summed E-state index contributed by atoms with van der Waals surface area (Å²) in [6, 6.07) is 17.0. The summed E-state index contributed by atoms with van der Waals surface area (Å²) in [5.74, 6) is -1.16. The first-order valence-corrected chi connectivity index (χ1v) is 16.8. The number of likely N-dealkylation sites (tertiary alicyclic amines) is 1. The lowest BCUT2D eigenvalue weighted by molar-refractivity contribution is -0.140. The van der Waals surface area contributed by atoms with E-state index in [2.05, 4.69) is 5.32 Å². The summed E-state index contributed by atoms with van der Waals surface area (Å²) in [5, 5.41) is 2.78. The fourth-order valence-electron chi connectivity index (χ4n) is 5.62. The number of hydrogen-bond donors (Lipinski definition) is 1. The molecule has 0 saturated carbocycles. The second-order valence-corrected chi connectivity index (χ2v) is 14.8. The molecule has 2 amide bonds. The molecule has 2 heterocycles. The Bertz CT molecular complexity index is 1360. The van der Waals surface area contributed by atoms with Crippen LogP contribution in [0.5, 0.6) is 0 Å². The van der Waals surface area contributed by atoms with Gasteiger partial charge in [0.15, 0.2) is 0 Å². The topological polar surface area (TPSA) is 121 Å². The molecule has 39 heavy (non-hydrogen) atoms. The Morgan fingerprint density at radius 1 is 0.872 bits per heavy atom. The van der Waals surface area contributed by atoms with Gasteiger partial charge in [-0.15, -0.1) is 0 Å². The lowest BCUT2D eigenvalue weighted by Gasteiger charge is -2.41. The number of sulfone groups is 1. The van der Waals surface area contributed by atoms with Gasteiger partial charge in [0.05, 0.1) is 22.6 Å². The molecule has 2 aliphatic heterocycles. The lowest BCUT2D eigenvalue weighted by Crippen LogP contribution is -2.50. The van der Waals surface area contributed by atoms with E-state index in [4.69, 9.17) is 0 Å². The van der Waals surface area contributed by atoms with Crippen LogP contribution in [-0.2, 0) is 29.4 Å². The fraction of sp³-hybridized carbons (Fsp3) is 0.500. The molecule has 9 nitrogen and oxygen atoms in total. The predicted octanol–water partition coefficient (Wildman–Crippen LogP) is 2.62. The monoisotopic (exact) mass is 575 g/mol. The van der Waals surface area contributed by atoms with Crippen molar-refractivity contribution in [3.63, 3.8) is 0 Å². The highest BCUT2D eigenvalue weighted by Gasteiger charge is 2.41. The van der Waals surface area contributed by atoms with Crippen LogP contribution in [0.4, 0.5) is 0 Å². The molecular weight excluding hydrogens is 538 g/mol. The Morgan fingerprint density at radius 3 is 2.05 bits per heavy atom. The van der Waals surface area contributed by atoms with E-state index in [1.54, 1.807) is 42.2 Å². The summed E-state index contributed by atoms with van der Waals surface area (Å²) in [7, 11) is -7.04. The molecule has 2 aliphatic rings. The van der Waals surface area contributed by atoms with E-state index >= 15 is 0 Å². The van der Waals surface area contributed by atoms with Crippen molar-refractivity contribution < 1.29 is 26.4 Å². The summed E-state index contributed by atoms with van der Waals surface area (Å²) in [5.41, 5.74) is 0.903. The summed E-state index contributed by atoms with van der Waals surface area (Å²) < 4.78 is 51.9. The summed E-state index contributed by atoms with van der Waals surface area (Å²) in [4.78, 5) is 28.1. The van der Waals surface area contributed by atoms with Crippen LogP contribution in [0.2, 0.25) is 0 Å². The number of carbonyl (C=O) groups is 2. The van der Waals surface area contributed by atoms with Crippen LogP contribution >= 0.6 is 0 Å². The largest absolute Gasteiger partial charge is 0.352 e. The number of sulfonamides is 1. The van der Waals surface area contributed by atoms with E-state index in [0.29, 0.717) is 38.8 Å². The van der Waals surface area contributed by atoms with Crippen molar-refractivity contribution in [2.75, 3.05) is 31.6 Å². The molecule has 3 atom stereocenters. The van der Waals surface area contributed by atoms with Gasteiger partial charge >= 0.3 is 0 Å². The van der Waals surface area contributed by atoms with Crippen molar-refractivity contribution in [3.05, 3.63) is 66.2 Å². The molecule has 0 radical (unpaired) electrons. The molecule has 212 valence electrons. The van der Waals surface area contributed by atoms with Crippen molar-refractivity contribution in [1.29, 1.82) is 0 Å². The van der Waals surface area contributed by atoms with E-state index in [9.17, 15) is 26.4 Å². The Morgan fingerprint density at radius 2 is 1.46 bits per heavy atom. The highest BCUT2D eigenvalue weighted by Crippen LogP contribution is 2.38. The van der Waals surface area contributed by atoms with Crippen molar-refractivity contribution in [3.8, 4) is 0 Å². The minimum absolute atomic E-state index is 0.0842. The average Bonchev–Trinajstić information content (AvgIpc) is 2.92. The maximum Gasteiger partial charge on any atom is 0.243 e. The zero-order valence-corrected chi connectivity index (χ0v) is 24.0.